The van der Waals surface area contributed by atoms with E-state index in [1.807, 2.05) is 42.6 Å². The molecule has 0 bridgehead atoms. The zero-order valence-electron chi connectivity index (χ0n) is 16.3. The van der Waals surface area contributed by atoms with Gasteiger partial charge in [-0.1, -0.05) is 35.9 Å². The lowest BCUT2D eigenvalue weighted by atomic mass is 9.99. The fourth-order valence-corrected chi connectivity index (χ4v) is 4.90. The van der Waals surface area contributed by atoms with Crippen LogP contribution in [0.1, 0.15) is 27.0 Å². The highest BCUT2D eigenvalue weighted by Gasteiger charge is 2.46. The quantitative estimate of drug-likeness (QED) is 0.374. The van der Waals surface area contributed by atoms with E-state index in [0.29, 0.717) is 21.7 Å². The van der Waals surface area contributed by atoms with Gasteiger partial charge in [0.15, 0.2) is 11.5 Å². The molecule has 0 saturated carbocycles. The maximum atomic E-state index is 13.5. The van der Waals surface area contributed by atoms with Crippen LogP contribution in [0.15, 0.2) is 81.8 Å². The first kappa shape index (κ1) is 19.6. The van der Waals surface area contributed by atoms with Crippen molar-refractivity contribution in [3.8, 4) is 0 Å². The summed E-state index contributed by atoms with van der Waals surface area (Å²) in [6.07, 6.45) is 0. The van der Waals surface area contributed by atoms with Gasteiger partial charge in [-0.05, 0) is 54.3 Å². The number of hydrogen-bond acceptors (Lipinski definition) is 5. The van der Waals surface area contributed by atoms with Crippen molar-refractivity contribution in [2.24, 2.45) is 0 Å². The molecule has 0 radical (unpaired) electrons. The molecule has 1 amide bonds. The molecule has 2 aromatic heterocycles. The van der Waals surface area contributed by atoms with Gasteiger partial charge >= 0.3 is 0 Å². The van der Waals surface area contributed by atoms with Crippen LogP contribution in [-0.2, 0) is 4.79 Å². The molecule has 1 N–H and O–H groups in total. The summed E-state index contributed by atoms with van der Waals surface area (Å²) in [5, 5.41) is 13.9. The van der Waals surface area contributed by atoms with E-state index in [4.69, 9.17) is 16.0 Å². The van der Waals surface area contributed by atoms with Crippen LogP contribution in [0, 0.1) is 6.92 Å². The van der Waals surface area contributed by atoms with Crippen LogP contribution >= 0.6 is 22.9 Å². The van der Waals surface area contributed by atoms with Crippen LogP contribution < -0.4 is 4.90 Å². The van der Waals surface area contributed by atoms with E-state index in [-0.39, 0.29) is 11.3 Å². The van der Waals surface area contributed by atoms with Crippen LogP contribution in [0.4, 0.5) is 5.69 Å². The lowest BCUT2D eigenvalue weighted by Crippen LogP contribution is -2.31. The Bertz CT molecular complexity index is 1370. The number of ketones is 1. The molecule has 5 nitrogen and oxygen atoms in total. The number of halogens is 1. The normalized spacial score (nSPS) is 16.5. The van der Waals surface area contributed by atoms with Crippen LogP contribution in [0.3, 0.4) is 0 Å². The number of nitrogens with zero attached hydrogens (tertiary/aromatic N) is 1. The second-order valence-electron chi connectivity index (χ2n) is 7.26. The van der Waals surface area contributed by atoms with Gasteiger partial charge in [-0.3, -0.25) is 14.5 Å². The number of anilines is 1. The summed E-state index contributed by atoms with van der Waals surface area (Å²) in [5.41, 5.74) is 2.00. The largest absolute Gasteiger partial charge is 0.503 e. The molecule has 2 aromatic carbocycles. The van der Waals surface area contributed by atoms with Gasteiger partial charge in [-0.25, -0.2) is 0 Å². The number of carbonyl (C=O) groups is 2. The van der Waals surface area contributed by atoms with Crippen molar-refractivity contribution in [3.63, 3.8) is 0 Å². The number of rotatable bonds is 4. The topological polar surface area (TPSA) is 70.8 Å². The standard InChI is InChI=1S/C24H16ClNO4S/c1-13-5-2-3-6-16(13)26-21(19-7-4-10-31-19)20(23(28)24(26)29)22(27)18-12-14-11-15(25)8-9-17(14)30-18/h2-12,21,28H,1H3. The third-order valence-electron chi connectivity index (χ3n) is 5.34. The van der Waals surface area contributed by atoms with Gasteiger partial charge in [0.05, 0.1) is 5.57 Å². The average molecular weight is 450 g/mol. The lowest BCUT2D eigenvalue weighted by molar-refractivity contribution is -0.117. The third kappa shape index (κ3) is 3.15. The number of amides is 1. The molecule has 1 aliphatic heterocycles. The molecule has 31 heavy (non-hydrogen) atoms. The maximum absolute atomic E-state index is 13.5. The van der Waals surface area contributed by atoms with Crippen LogP contribution in [-0.4, -0.2) is 16.8 Å². The Balaban J connectivity index is 1.66. The number of Topliss-reactive ketones (excluding diaryl/α,β-unsaturated/α-hetero) is 1. The second kappa shape index (κ2) is 7.41. The van der Waals surface area contributed by atoms with Gasteiger partial charge in [0, 0.05) is 21.0 Å². The molecule has 3 heterocycles. The Morgan fingerprint density at radius 2 is 1.94 bits per heavy atom. The molecule has 154 valence electrons. The average Bonchev–Trinajstić information content (AvgIpc) is 3.47. The summed E-state index contributed by atoms with van der Waals surface area (Å²) in [5.74, 6) is -1.67. The molecule has 1 unspecified atom stereocenters. The number of aryl methyl sites for hydroxylation is 1. The number of thiophene rings is 1. The van der Waals surface area contributed by atoms with Gasteiger partial charge in [-0.15, -0.1) is 11.3 Å². The number of fused-ring (bicyclic) bond motifs is 1. The van der Waals surface area contributed by atoms with Crippen LogP contribution in [0.2, 0.25) is 5.02 Å². The molecular weight excluding hydrogens is 434 g/mol. The predicted octanol–water partition coefficient (Wildman–Crippen LogP) is 6.24. The summed E-state index contributed by atoms with van der Waals surface area (Å²) in [7, 11) is 0. The zero-order valence-corrected chi connectivity index (χ0v) is 17.9. The third-order valence-corrected chi connectivity index (χ3v) is 6.50. The number of benzene rings is 2. The first-order valence-electron chi connectivity index (χ1n) is 9.55. The summed E-state index contributed by atoms with van der Waals surface area (Å²) in [4.78, 5) is 28.9. The van der Waals surface area contributed by atoms with Crippen molar-refractivity contribution in [2.75, 3.05) is 4.90 Å². The minimum Gasteiger partial charge on any atom is -0.503 e. The first-order valence-corrected chi connectivity index (χ1v) is 10.8. The highest BCUT2D eigenvalue weighted by Crippen LogP contribution is 2.44. The van der Waals surface area contributed by atoms with Crippen molar-refractivity contribution in [2.45, 2.75) is 13.0 Å². The van der Waals surface area contributed by atoms with Gasteiger partial charge in [-0.2, -0.15) is 0 Å². The smallest absolute Gasteiger partial charge is 0.294 e. The molecule has 1 aliphatic rings. The summed E-state index contributed by atoms with van der Waals surface area (Å²) in [6, 6.07) is 16.9. The fourth-order valence-electron chi connectivity index (χ4n) is 3.89. The number of para-hydroxylation sites is 1. The Labute approximate surface area is 186 Å². The van der Waals surface area contributed by atoms with E-state index in [1.54, 1.807) is 30.3 Å². The van der Waals surface area contributed by atoms with Gasteiger partial charge in [0.25, 0.3) is 5.91 Å². The first-order chi connectivity index (χ1) is 15.0. The second-order valence-corrected chi connectivity index (χ2v) is 8.68. The van der Waals surface area contributed by atoms with E-state index >= 15 is 0 Å². The van der Waals surface area contributed by atoms with E-state index in [2.05, 4.69) is 0 Å². The van der Waals surface area contributed by atoms with Crippen LogP contribution in [0.5, 0.6) is 0 Å². The van der Waals surface area contributed by atoms with Crippen molar-refractivity contribution < 1.29 is 19.1 Å². The highest BCUT2D eigenvalue weighted by atomic mass is 35.5. The van der Waals surface area contributed by atoms with Crippen molar-refractivity contribution in [1.29, 1.82) is 0 Å². The lowest BCUT2D eigenvalue weighted by Gasteiger charge is -2.26. The summed E-state index contributed by atoms with van der Waals surface area (Å²) in [6.45, 7) is 1.88. The molecule has 0 spiro atoms. The van der Waals surface area contributed by atoms with Crippen molar-refractivity contribution >= 4 is 51.3 Å². The van der Waals surface area contributed by atoms with E-state index in [0.717, 1.165) is 10.4 Å². The Morgan fingerprint density at radius 3 is 2.68 bits per heavy atom. The SMILES string of the molecule is Cc1ccccc1N1C(=O)C(O)=C(C(=O)c2cc3cc(Cl)ccc3o2)C1c1cccs1. The molecule has 5 rings (SSSR count). The van der Waals surface area contributed by atoms with E-state index < -0.39 is 23.5 Å². The molecule has 1 atom stereocenters. The molecule has 4 aromatic rings. The van der Waals surface area contributed by atoms with Gasteiger partial charge in [0.1, 0.15) is 11.6 Å². The van der Waals surface area contributed by atoms with Gasteiger partial charge < -0.3 is 9.52 Å². The predicted molar refractivity (Wildman–Crippen MR) is 121 cm³/mol. The van der Waals surface area contributed by atoms with Crippen molar-refractivity contribution in [1.82, 2.24) is 0 Å². The van der Waals surface area contributed by atoms with E-state index in [9.17, 15) is 14.7 Å². The number of hydrogen-bond donors (Lipinski definition) is 1. The molecule has 0 saturated heterocycles. The Morgan fingerprint density at radius 1 is 1.13 bits per heavy atom. The molecule has 0 fully saturated rings. The monoisotopic (exact) mass is 449 g/mol. The fraction of sp³-hybridized carbons (Fsp3) is 0.0833. The zero-order chi connectivity index (χ0) is 21.7. The Kier molecular flexibility index (Phi) is 4.68. The van der Waals surface area contributed by atoms with Gasteiger partial charge in [0.2, 0.25) is 5.78 Å². The minimum atomic E-state index is -0.752. The van der Waals surface area contributed by atoms with Crippen LogP contribution in [0.25, 0.3) is 11.0 Å². The molecule has 0 aliphatic carbocycles. The molecular formula is C24H16ClNO4S. The number of carbonyl (C=O) groups excluding carboxylic acids is 2. The maximum Gasteiger partial charge on any atom is 0.294 e. The number of furan rings is 1. The van der Waals surface area contributed by atoms with Crippen molar-refractivity contribution in [3.05, 3.63) is 98.6 Å². The molecule has 7 heteroatoms. The highest BCUT2D eigenvalue weighted by molar-refractivity contribution is 7.10. The summed E-state index contributed by atoms with van der Waals surface area (Å²) >= 11 is 7.46. The number of aliphatic hydroxyl groups excluding tert-OH is 1. The Hall–Kier alpha value is -3.35. The summed E-state index contributed by atoms with van der Waals surface area (Å²) < 4.78 is 5.73. The minimum absolute atomic E-state index is 0.000793. The number of aliphatic hydroxyl groups is 1. The van der Waals surface area contributed by atoms with E-state index in [1.165, 1.54) is 16.2 Å².